The Morgan fingerprint density at radius 1 is 1.00 bits per heavy atom. The van der Waals surface area contributed by atoms with Gasteiger partial charge in [0.2, 0.25) is 11.4 Å². The largest absolute Gasteiger partial charge is 0.481 e. The Balaban J connectivity index is 2.38. The number of esters is 1. The van der Waals surface area contributed by atoms with Crippen LogP contribution in [0.3, 0.4) is 0 Å². The van der Waals surface area contributed by atoms with Crippen molar-refractivity contribution in [1.82, 2.24) is 5.32 Å². The monoisotopic (exact) mass is 441 g/mol. The number of nitrogens with one attached hydrogen (secondary N) is 1. The van der Waals surface area contributed by atoms with E-state index in [0.29, 0.717) is 11.1 Å². The highest BCUT2D eigenvalue weighted by atomic mass is 16.5. The van der Waals surface area contributed by atoms with Crippen molar-refractivity contribution in [3.05, 3.63) is 71.8 Å². The van der Waals surface area contributed by atoms with Gasteiger partial charge in [0.05, 0.1) is 12.0 Å². The number of carbonyl (C=O) groups excluding carboxylic acids is 3. The summed E-state index contributed by atoms with van der Waals surface area (Å²) in [5.74, 6) is -6.62. The van der Waals surface area contributed by atoms with E-state index >= 15 is 0 Å². The van der Waals surface area contributed by atoms with Crippen molar-refractivity contribution in [3.63, 3.8) is 0 Å². The molecule has 2 amide bonds. The Morgan fingerprint density at radius 2 is 1.53 bits per heavy atom. The van der Waals surface area contributed by atoms with Crippen molar-refractivity contribution in [1.29, 1.82) is 0 Å². The fourth-order valence-electron chi connectivity index (χ4n) is 3.02. The summed E-state index contributed by atoms with van der Waals surface area (Å²) in [5.41, 5.74) is 10.3. The van der Waals surface area contributed by atoms with Gasteiger partial charge in [-0.2, -0.15) is 0 Å². The van der Waals surface area contributed by atoms with Crippen LogP contribution < -0.4 is 16.8 Å². The third-order valence-corrected chi connectivity index (χ3v) is 5.07. The standard InChI is InChI=1S/C23H27N3O6/c1-2-18(24)19(27)26-21(30)23(25,22(31)32-14-16-11-7-4-8-12-16)17(20(28)29)13-15-9-5-3-6-10-15/h3-12,17-18H,2,13-14,24-25H2,1H3,(H,28,29)(H,26,27,30)/t17?,18?,23-/m0/s1. The Kier molecular flexibility index (Phi) is 8.62. The Morgan fingerprint density at radius 3 is 2.03 bits per heavy atom. The number of nitrogens with two attached hydrogens (primary N) is 2. The van der Waals surface area contributed by atoms with Gasteiger partial charge in [-0.1, -0.05) is 67.6 Å². The van der Waals surface area contributed by atoms with Crippen LogP contribution in [-0.4, -0.2) is 40.4 Å². The van der Waals surface area contributed by atoms with Crippen molar-refractivity contribution in [2.75, 3.05) is 0 Å². The molecule has 0 aromatic heterocycles. The maximum atomic E-state index is 13.0. The number of carboxylic acid groups (broad SMARTS) is 1. The Labute approximate surface area is 185 Å². The van der Waals surface area contributed by atoms with Crippen LogP contribution in [0.25, 0.3) is 0 Å². The molecule has 0 aliphatic heterocycles. The summed E-state index contributed by atoms with van der Waals surface area (Å²) in [6, 6.07) is 16.0. The lowest BCUT2D eigenvalue weighted by Gasteiger charge is -2.31. The summed E-state index contributed by atoms with van der Waals surface area (Å²) in [4.78, 5) is 50.3. The molecule has 9 nitrogen and oxygen atoms in total. The number of hydrogen-bond acceptors (Lipinski definition) is 7. The lowest BCUT2D eigenvalue weighted by Crippen LogP contribution is -2.68. The predicted octanol–water partition coefficient (Wildman–Crippen LogP) is 0.751. The molecule has 2 unspecified atom stereocenters. The van der Waals surface area contributed by atoms with Gasteiger partial charge in [-0.15, -0.1) is 0 Å². The lowest BCUT2D eigenvalue weighted by molar-refractivity contribution is -0.165. The maximum absolute atomic E-state index is 13.0. The number of benzene rings is 2. The minimum Gasteiger partial charge on any atom is -0.481 e. The molecular weight excluding hydrogens is 414 g/mol. The first kappa shape index (κ1) is 24.7. The SMILES string of the molecule is CCC(N)C(=O)NC(=O)[C@](N)(C(=O)OCc1ccccc1)C(Cc1ccccc1)C(=O)O. The lowest BCUT2D eigenvalue weighted by atomic mass is 9.79. The van der Waals surface area contributed by atoms with Gasteiger partial charge in [-0.25, -0.2) is 4.79 Å². The fraction of sp³-hybridized carbons (Fsp3) is 0.304. The quantitative estimate of drug-likeness (QED) is 0.310. The number of ether oxygens (including phenoxy) is 1. The van der Waals surface area contributed by atoms with E-state index in [1.54, 1.807) is 67.6 Å². The zero-order valence-electron chi connectivity index (χ0n) is 17.7. The van der Waals surface area contributed by atoms with Gasteiger partial charge in [0.15, 0.2) is 0 Å². The first-order valence-electron chi connectivity index (χ1n) is 10.1. The second-order valence-electron chi connectivity index (χ2n) is 7.34. The van der Waals surface area contributed by atoms with Gasteiger partial charge in [0, 0.05) is 0 Å². The van der Waals surface area contributed by atoms with E-state index in [0.717, 1.165) is 0 Å². The molecule has 170 valence electrons. The number of carbonyl (C=O) groups is 4. The third kappa shape index (κ3) is 5.99. The van der Waals surface area contributed by atoms with Gasteiger partial charge in [0.1, 0.15) is 6.61 Å². The van der Waals surface area contributed by atoms with Crippen LogP contribution >= 0.6 is 0 Å². The molecule has 0 aliphatic carbocycles. The highest BCUT2D eigenvalue weighted by Gasteiger charge is 2.54. The van der Waals surface area contributed by atoms with Crippen LogP contribution in [-0.2, 0) is 36.9 Å². The van der Waals surface area contributed by atoms with E-state index < -0.39 is 41.3 Å². The molecule has 2 rings (SSSR count). The van der Waals surface area contributed by atoms with E-state index in [9.17, 15) is 24.3 Å². The fourth-order valence-corrected chi connectivity index (χ4v) is 3.02. The first-order chi connectivity index (χ1) is 15.2. The number of rotatable bonds is 10. The number of amides is 2. The molecule has 3 atom stereocenters. The molecule has 6 N–H and O–H groups in total. The molecule has 0 fully saturated rings. The summed E-state index contributed by atoms with van der Waals surface area (Å²) in [6.07, 6.45) is -0.0178. The summed E-state index contributed by atoms with van der Waals surface area (Å²) in [6.45, 7) is 1.40. The van der Waals surface area contributed by atoms with Crippen LogP contribution in [0.2, 0.25) is 0 Å². The Bertz CT molecular complexity index is 951. The topological polar surface area (TPSA) is 162 Å². The average molecular weight is 441 g/mol. The summed E-state index contributed by atoms with van der Waals surface area (Å²) >= 11 is 0. The zero-order valence-corrected chi connectivity index (χ0v) is 17.7. The molecule has 32 heavy (non-hydrogen) atoms. The second-order valence-corrected chi connectivity index (χ2v) is 7.34. The van der Waals surface area contributed by atoms with Gasteiger partial charge in [0.25, 0.3) is 5.91 Å². The normalized spacial score (nSPS) is 14.5. The summed E-state index contributed by atoms with van der Waals surface area (Å²) < 4.78 is 5.22. The van der Waals surface area contributed by atoms with Crippen LogP contribution in [0, 0.1) is 5.92 Å². The highest BCUT2D eigenvalue weighted by Crippen LogP contribution is 2.24. The van der Waals surface area contributed by atoms with Crippen LogP contribution in [0.5, 0.6) is 0 Å². The van der Waals surface area contributed by atoms with Gasteiger partial charge in [-0.05, 0) is 24.0 Å². The third-order valence-electron chi connectivity index (χ3n) is 5.07. The van der Waals surface area contributed by atoms with Crippen LogP contribution in [0.15, 0.2) is 60.7 Å². The van der Waals surface area contributed by atoms with E-state index in [1.807, 2.05) is 5.32 Å². The minimum atomic E-state index is -2.68. The summed E-state index contributed by atoms with van der Waals surface area (Å²) in [7, 11) is 0. The summed E-state index contributed by atoms with van der Waals surface area (Å²) in [5, 5.41) is 11.8. The van der Waals surface area contributed by atoms with Crippen molar-refractivity contribution < 1.29 is 29.0 Å². The molecule has 0 radical (unpaired) electrons. The number of carboxylic acids is 1. The number of aliphatic carboxylic acids is 1. The number of hydrogen-bond donors (Lipinski definition) is 4. The number of imide groups is 1. The van der Waals surface area contributed by atoms with Gasteiger partial charge >= 0.3 is 11.9 Å². The predicted molar refractivity (Wildman–Crippen MR) is 116 cm³/mol. The molecule has 0 spiro atoms. The molecule has 0 aliphatic rings. The smallest absolute Gasteiger partial charge is 0.337 e. The van der Waals surface area contributed by atoms with Crippen molar-refractivity contribution in [3.8, 4) is 0 Å². The molecule has 2 aromatic rings. The van der Waals surface area contributed by atoms with Gasteiger partial charge < -0.3 is 21.3 Å². The van der Waals surface area contributed by atoms with E-state index in [1.165, 1.54) is 0 Å². The van der Waals surface area contributed by atoms with Crippen LogP contribution in [0.4, 0.5) is 0 Å². The molecule has 0 bridgehead atoms. The minimum absolute atomic E-state index is 0.224. The average Bonchev–Trinajstić information content (AvgIpc) is 2.80. The molecule has 0 saturated heterocycles. The van der Waals surface area contributed by atoms with Crippen molar-refractivity contribution in [2.45, 2.75) is 38.0 Å². The maximum Gasteiger partial charge on any atom is 0.337 e. The van der Waals surface area contributed by atoms with Gasteiger partial charge in [-0.3, -0.25) is 19.7 Å². The Hall–Kier alpha value is -3.56. The molecule has 0 saturated carbocycles. The molecule has 2 aromatic carbocycles. The van der Waals surface area contributed by atoms with Crippen molar-refractivity contribution in [2.24, 2.45) is 17.4 Å². The molecule has 0 heterocycles. The van der Waals surface area contributed by atoms with E-state index in [4.69, 9.17) is 16.2 Å². The molecular formula is C23H27N3O6. The highest BCUT2D eigenvalue weighted by molar-refractivity contribution is 6.15. The first-order valence-corrected chi connectivity index (χ1v) is 10.1. The van der Waals surface area contributed by atoms with E-state index in [-0.39, 0.29) is 19.4 Å². The van der Waals surface area contributed by atoms with E-state index in [2.05, 4.69) is 0 Å². The zero-order chi connectivity index (χ0) is 23.7. The molecule has 9 heteroatoms. The van der Waals surface area contributed by atoms with Crippen molar-refractivity contribution >= 4 is 23.8 Å². The second kappa shape index (κ2) is 11.2. The van der Waals surface area contributed by atoms with Crippen LogP contribution in [0.1, 0.15) is 24.5 Å².